The van der Waals surface area contributed by atoms with Crippen molar-refractivity contribution in [2.45, 2.75) is 23.3 Å². The van der Waals surface area contributed by atoms with Crippen LogP contribution in [0.1, 0.15) is 11.1 Å². The molecular formula is C38H34N8O10S2. The molecule has 0 saturated heterocycles. The Hall–Kier alpha value is -7.00. The summed E-state index contributed by atoms with van der Waals surface area (Å²) < 4.78 is 77.7. The molecular weight excluding hydrogens is 793 g/mol. The summed E-state index contributed by atoms with van der Waals surface area (Å²) in [6.07, 6.45) is 0. The molecule has 0 amide bonds. The summed E-state index contributed by atoms with van der Waals surface area (Å²) in [7, 11) is -6.54. The van der Waals surface area contributed by atoms with Crippen LogP contribution in [0.2, 0.25) is 0 Å². The molecule has 7 N–H and O–H groups in total. The van der Waals surface area contributed by atoms with Gasteiger partial charge in [0.25, 0.3) is 20.2 Å². The number of azo groups is 3. The molecule has 20 heteroatoms. The summed E-state index contributed by atoms with van der Waals surface area (Å²) in [6.45, 7) is 2.17. The Morgan fingerprint density at radius 1 is 0.655 bits per heavy atom. The maximum atomic E-state index is 12.5. The van der Waals surface area contributed by atoms with Gasteiger partial charge in [0, 0.05) is 41.5 Å². The Balaban J connectivity index is 1.25. The summed E-state index contributed by atoms with van der Waals surface area (Å²) in [6, 6.07) is 24.0. The van der Waals surface area contributed by atoms with Gasteiger partial charge in [-0.25, -0.2) is 0 Å². The average Bonchev–Trinajstić information content (AvgIpc) is 3.18. The van der Waals surface area contributed by atoms with Gasteiger partial charge in [-0.1, -0.05) is 12.1 Å². The molecule has 6 aromatic rings. The van der Waals surface area contributed by atoms with Crippen LogP contribution >= 0.6 is 0 Å². The van der Waals surface area contributed by atoms with E-state index in [0.717, 1.165) is 11.6 Å². The molecule has 6 aromatic carbocycles. The lowest BCUT2D eigenvalue weighted by Crippen LogP contribution is -2.01. The minimum absolute atomic E-state index is 0.0590. The van der Waals surface area contributed by atoms with E-state index in [-0.39, 0.29) is 44.2 Å². The van der Waals surface area contributed by atoms with Crippen molar-refractivity contribution in [2.24, 2.45) is 30.7 Å². The molecule has 0 saturated carbocycles. The van der Waals surface area contributed by atoms with Crippen molar-refractivity contribution in [3.05, 3.63) is 108 Å². The highest BCUT2D eigenvalue weighted by atomic mass is 32.2. The van der Waals surface area contributed by atoms with E-state index in [1.807, 2.05) is 12.1 Å². The highest BCUT2D eigenvalue weighted by Gasteiger charge is 2.23. The average molecular weight is 827 g/mol. The number of phenols is 2. The molecule has 0 atom stereocenters. The third-order valence-corrected chi connectivity index (χ3v) is 10.2. The first-order valence-electron chi connectivity index (χ1n) is 16.8. The third kappa shape index (κ3) is 9.33. The van der Waals surface area contributed by atoms with Crippen LogP contribution in [0.3, 0.4) is 0 Å². The molecule has 0 aliphatic rings. The number of methoxy groups -OCH3 is 2. The number of rotatable bonds is 13. The number of phenolic OH excluding ortho intramolecular Hbond substituents is 2. The van der Waals surface area contributed by atoms with E-state index >= 15 is 0 Å². The van der Waals surface area contributed by atoms with Crippen molar-refractivity contribution in [2.75, 3.05) is 25.3 Å². The topological polar surface area (TPSA) is 280 Å². The number of nitrogen functional groups attached to an aromatic ring is 1. The lowest BCUT2D eigenvalue weighted by Gasteiger charge is -2.12. The molecule has 6 rings (SSSR count). The second-order valence-electron chi connectivity index (χ2n) is 12.5. The number of ether oxygens (including phenoxy) is 2. The number of nitrogens with zero attached hydrogens (tertiary/aromatic N) is 6. The zero-order chi connectivity index (χ0) is 41.8. The summed E-state index contributed by atoms with van der Waals surface area (Å²) in [5.41, 5.74) is 8.83. The zero-order valence-electron chi connectivity index (χ0n) is 30.8. The number of benzene rings is 6. The van der Waals surface area contributed by atoms with Crippen LogP contribution in [-0.4, -0.2) is 50.4 Å². The van der Waals surface area contributed by atoms with E-state index in [1.165, 1.54) is 50.6 Å². The van der Waals surface area contributed by atoms with Crippen LogP contribution in [-0.2, 0) is 26.8 Å². The molecule has 58 heavy (non-hydrogen) atoms. The van der Waals surface area contributed by atoms with Crippen LogP contribution in [0.4, 0.5) is 45.5 Å². The van der Waals surface area contributed by atoms with Crippen molar-refractivity contribution < 1.29 is 45.6 Å². The van der Waals surface area contributed by atoms with Gasteiger partial charge in [-0.3, -0.25) is 9.11 Å². The van der Waals surface area contributed by atoms with Crippen molar-refractivity contribution in [1.82, 2.24) is 0 Å². The fourth-order valence-electron chi connectivity index (χ4n) is 5.48. The zero-order valence-corrected chi connectivity index (χ0v) is 32.4. The van der Waals surface area contributed by atoms with Crippen molar-refractivity contribution >= 4 is 76.5 Å². The fraction of sp³-hybridized carbons (Fsp3) is 0.105. The predicted octanol–water partition coefficient (Wildman–Crippen LogP) is 9.51. The van der Waals surface area contributed by atoms with Gasteiger partial charge >= 0.3 is 0 Å². The number of fused-ring (bicyclic) bond motifs is 1. The summed E-state index contributed by atoms with van der Waals surface area (Å²) in [5, 5.41) is 50.4. The molecule has 0 aromatic heterocycles. The first-order chi connectivity index (χ1) is 27.5. The molecule has 0 aliphatic heterocycles. The molecule has 0 fully saturated rings. The maximum absolute atomic E-state index is 12.5. The monoisotopic (exact) mass is 826 g/mol. The molecule has 18 nitrogen and oxygen atoms in total. The van der Waals surface area contributed by atoms with E-state index in [9.17, 15) is 36.2 Å². The second kappa shape index (κ2) is 16.6. The van der Waals surface area contributed by atoms with Gasteiger partial charge in [-0.2, -0.15) is 27.1 Å². The van der Waals surface area contributed by atoms with Crippen molar-refractivity contribution in [3.8, 4) is 23.0 Å². The summed E-state index contributed by atoms with van der Waals surface area (Å²) in [4.78, 5) is -1.01. The van der Waals surface area contributed by atoms with Gasteiger partial charge in [0.15, 0.2) is 5.75 Å². The van der Waals surface area contributed by atoms with Crippen molar-refractivity contribution in [1.29, 1.82) is 0 Å². The summed E-state index contributed by atoms with van der Waals surface area (Å²) in [5.74, 6) is -0.711. The number of aryl methyl sites for hydroxylation is 1. The Labute approximate surface area is 331 Å². The molecule has 0 spiro atoms. The largest absolute Gasteiger partial charge is 0.506 e. The van der Waals surface area contributed by atoms with Gasteiger partial charge in [-0.15, -0.1) is 20.5 Å². The van der Waals surface area contributed by atoms with Crippen LogP contribution in [0.15, 0.2) is 138 Å². The standard InChI is InChI=1S/C38H34N8O10S2/c1-21-14-31(34(55-2)18-29(21)42-41-25-8-11-27(12-9-25)57(49,50)51)44-45-32-17-33(47)30(19-35(32)56-3)43-46-37-36(58(52,53)54)16-23-15-26(10-13-28(23)38(37)48)40-20-22-4-6-24(39)7-5-22/h4-19,40,47-48H,20,39H2,1-3H3,(H,49,50,51)(H,52,53,54). The van der Waals surface area contributed by atoms with Gasteiger partial charge in [0.05, 0.1) is 30.5 Å². The fourth-order valence-corrected chi connectivity index (χ4v) is 6.62. The summed E-state index contributed by atoms with van der Waals surface area (Å²) >= 11 is 0. The Morgan fingerprint density at radius 2 is 1.26 bits per heavy atom. The van der Waals surface area contributed by atoms with Gasteiger partial charge < -0.3 is 30.7 Å². The van der Waals surface area contributed by atoms with Crippen LogP contribution in [0, 0.1) is 6.92 Å². The van der Waals surface area contributed by atoms with E-state index < -0.39 is 42.3 Å². The molecule has 0 heterocycles. The third-order valence-electron chi connectivity index (χ3n) is 8.51. The second-order valence-corrected chi connectivity index (χ2v) is 15.3. The van der Waals surface area contributed by atoms with Crippen molar-refractivity contribution in [3.63, 3.8) is 0 Å². The molecule has 0 unspecified atom stereocenters. The van der Waals surface area contributed by atoms with Gasteiger partial charge in [0.2, 0.25) is 0 Å². The van der Waals surface area contributed by atoms with Crippen LogP contribution < -0.4 is 20.5 Å². The molecule has 298 valence electrons. The molecule has 0 aliphatic carbocycles. The number of nitrogens with two attached hydrogens (primary N) is 1. The minimum Gasteiger partial charge on any atom is -0.506 e. The molecule has 0 radical (unpaired) electrons. The van der Waals surface area contributed by atoms with E-state index in [0.29, 0.717) is 34.9 Å². The van der Waals surface area contributed by atoms with Gasteiger partial charge in [-0.05, 0) is 90.2 Å². The number of anilines is 2. The predicted molar refractivity (Wildman–Crippen MR) is 215 cm³/mol. The smallest absolute Gasteiger partial charge is 0.296 e. The first kappa shape index (κ1) is 40.7. The number of aromatic hydroxyl groups is 2. The lowest BCUT2D eigenvalue weighted by atomic mass is 10.1. The van der Waals surface area contributed by atoms with Gasteiger partial charge in [0.1, 0.15) is 44.9 Å². The first-order valence-corrected chi connectivity index (χ1v) is 19.7. The van der Waals surface area contributed by atoms with E-state index in [4.69, 9.17) is 15.2 Å². The van der Waals surface area contributed by atoms with E-state index in [1.54, 1.807) is 49.4 Å². The van der Waals surface area contributed by atoms with Crippen LogP contribution in [0.5, 0.6) is 23.0 Å². The Bertz CT molecular complexity index is 2850. The highest BCUT2D eigenvalue weighted by Crippen LogP contribution is 2.45. The Kier molecular flexibility index (Phi) is 11.6. The minimum atomic E-state index is -4.93. The highest BCUT2D eigenvalue weighted by molar-refractivity contribution is 7.86. The number of hydrogen-bond acceptors (Lipinski definition) is 16. The number of hydrogen-bond donors (Lipinski definition) is 6. The maximum Gasteiger partial charge on any atom is 0.296 e. The number of nitrogens with one attached hydrogen (secondary N) is 1. The van der Waals surface area contributed by atoms with E-state index in [2.05, 4.69) is 36.0 Å². The quantitative estimate of drug-likeness (QED) is 0.0361. The normalized spacial score (nSPS) is 12.2. The molecule has 0 bridgehead atoms. The Morgan fingerprint density at radius 3 is 1.88 bits per heavy atom. The van der Waals surface area contributed by atoms with Crippen LogP contribution in [0.25, 0.3) is 10.8 Å². The lowest BCUT2D eigenvalue weighted by molar-refractivity contribution is 0.413. The SMILES string of the molecule is COc1cc(N=Nc2ccc(S(=O)(=O)O)cc2)c(C)cc1N=Nc1cc(O)c(N=Nc2c(S(=O)(=O)O)cc3cc(NCc4ccc(N)cc4)ccc3c2O)cc1OC.